The zero-order valence-corrected chi connectivity index (χ0v) is 12.2. The van der Waals surface area contributed by atoms with E-state index in [4.69, 9.17) is 5.11 Å². The summed E-state index contributed by atoms with van der Waals surface area (Å²) >= 11 is 0. The van der Waals surface area contributed by atoms with Crippen molar-refractivity contribution in [1.82, 2.24) is 15.2 Å². The number of urea groups is 1. The van der Waals surface area contributed by atoms with E-state index in [1.165, 1.54) is 18.5 Å². The Morgan fingerprint density at radius 3 is 2.86 bits per heavy atom. The van der Waals surface area contributed by atoms with Crippen LogP contribution in [0.5, 0.6) is 0 Å². The van der Waals surface area contributed by atoms with Crippen molar-refractivity contribution in [2.75, 3.05) is 25.5 Å². The molecule has 1 aromatic heterocycles. The number of hydrogen-bond donors (Lipinski definition) is 3. The van der Waals surface area contributed by atoms with Gasteiger partial charge in [-0.2, -0.15) is 0 Å². The van der Waals surface area contributed by atoms with Crippen molar-refractivity contribution in [2.45, 2.75) is 19.4 Å². The first kappa shape index (κ1) is 15.2. The number of carbonyl (C=O) groups excluding carboxylic acids is 1. The quantitative estimate of drug-likeness (QED) is 0.779. The van der Waals surface area contributed by atoms with E-state index >= 15 is 0 Å². The third-order valence-electron chi connectivity index (χ3n) is 3.67. The molecule has 1 aliphatic heterocycles. The first-order valence-electron chi connectivity index (χ1n) is 6.90. The standard InChI is InChI=1S/C14H20N4O3/c1-9-8-18(2)4-3-12(9)17-14(21)16-11-5-10(13(19)20)6-15-7-11/h5-7,9,12H,3-4,8H2,1-2H3,(H,19,20)(H2,16,17,21). The highest BCUT2D eigenvalue weighted by Gasteiger charge is 2.25. The van der Waals surface area contributed by atoms with Gasteiger partial charge in [0, 0.05) is 18.8 Å². The lowest BCUT2D eigenvalue weighted by atomic mass is 9.94. The average molecular weight is 292 g/mol. The lowest BCUT2D eigenvalue weighted by Gasteiger charge is -2.35. The van der Waals surface area contributed by atoms with Gasteiger partial charge in [0.1, 0.15) is 0 Å². The van der Waals surface area contributed by atoms with Gasteiger partial charge in [-0.15, -0.1) is 0 Å². The molecule has 2 amide bonds. The van der Waals surface area contributed by atoms with Gasteiger partial charge in [0.25, 0.3) is 0 Å². The number of pyridine rings is 1. The number of carboxylic acids is 1. The van der Waals surface area contributed by atoms with Crippen LogP contribution < -0.4 is 10.6 Å². The third kappa shape index (κ3) is 4.16. The number of carbonyl (C=O) groups is 2. The number of piperidine rings is 1. The van der Waals surface area contributed by atoms with Crippen molar-refractivity contribution < 1.29 is 14.7 Å². The Balaban J connectivity index is 1.92. The van der Waals surface area contributed by atoms with Crippen molar-refractivity contribution >= 4 is 17.7 Å². The molecule has 1 fully saturated rings. The topological polar surface area (TPSA) is 94.6 Å². The Bertz CT molecular complexity index is 535. The summed E-state index contributed by atoms with van der Waals surface area (Å²) in [5.41, 5.74) is 0.411. The number of rotatable bonds is 3. The zero-order valence-electron chi connectivity index (χ0n) is 12.2. The predicted molar refractivity (Wildman–Crippen MR) is 78.4 cm³/mol. The first-order chi connectivity index (χ1) is 9.95. The van der Waals surface area contributed by atoms with Crippen LogP contribution in [-0.2, 0) is 0 Å². The van der Waals surface area contributed by atoms with Crippen LogP contribution in [0.15, 0.2) is 18.5 Å². The minimum absolute atomic E-state index is 0.0421. The number of anilines is 1. The van der Waals surface area contributed by atoms with E-state index in [1.807, 2.05) is 0 Å². The summed E-state index contributed by atoms with van der Waals surface area (Å²) < 4.78 is 0. The number of nitrogens with zero attached hydrogens (tertiary/aromatic N) is 2. The molecule has 0 bridgehead atoms. The molecule has 0 aromatic carbocycles. The van der Waals surface area contributed by atoms with E-state index in [9.17, 15) is 9.59 Å². The Morgan fingerprint density at radius 1 is 1.43 bits per heavy atom. The smallest absolute Gasteiger partial charge is 0.337 e. The monoisotopic (exact) mass is 292 g/mol. The Kier molecular flexibility index (Phi) is 4.74. The van der Waals surface area contributed by atoms with Crippen molar-refractivity contribution in [3.8, 4) is 0 Å². The number of amides is 2. The molecular formula is C14H20N4O3. The molecule has 1 aliphatic rings. The van der Waals surface area contributed by atoms with Gasteiger partial charge < -0.3 is 20.6 Å². The van der Waals surface area contributed by atoms with Crippen molar-refractivity contribution in [2.24, 2.45) is 5.92 Å². The van der Waals surface area contributed by atoms with E-state index in [1.54, 1.807) is 0 Å². The van der Waals surface area contributed by atoms with E-state index in [2.05, 4.69) is 34.5 Å². The van der Waals surface area contributed by atoms with E-state index in [0.717, 1.165) is 19.5 Å². The molecular weight excluding hydrogens is 272 g/mol. The van der Waals surface area contributed by atoms with Gasteiger partial charge in [-0.05, 0) is 32.0 Å². The van der Waals surface area contributed by atoms with Crippen molar-refractivity contribution in [3.63, 3.8) is 0 Å². The highest BCUT2D eigenvalue weighted by molar-refractivity contribution is 5.92. The summed E-state index contributed by atoms with van der Waals surface area (Å²) in [7, 11) is 2.07. The Labute approximate surface area is 123 Å². The van der Waals surface area contributed by atoms with E-state index in [-0.39, 0.29) is 17.6 Å². The molecule has 0 spiro atoms. The molecule has 1 saturated heterocycles. The van der Waals surface area contributed by atoms with Crippen LogP contribution >= 0.6 is 0 Å². The van der Waals surface area contributed by atoms with Gasteiger partial charge in [0.2, 0.25) is 0 Å². The summed E-state index contributed by atoms with van der Waals surface area (Å²) in [5, 5.41) is 14.5. The highest BCUT2D eigenvalue weighted by atomic mass is 16.4. The lowest BCUT2D eigenvalue weighted by molar-refractivity contribution is 0.0696. The average Bonchev–Trinajstić information content (AvgIpc) is 2.42. The molecule has 2 unspecified atom stereocenters. The maximum absolute atomic E-state index is 12.0. The molecule has 7 heteroatoms. The molecule has 0 radical (unpaired) electrons. The zero-order chi connectivity index (χ0) is 15.4. The molecule has 3 N–H and O–H groups in total. The van der Waals surface area contributed by atoms with Crippen LogP contribution in [0, 0.1) is 5.92 Å². The van der Waals surface area contributed by atoms with Gasteiger partial charge in [0.15, 0.2) is 0 Å². The maximum Gasteiger partial charge on any atom is 0.337 e. The number of hydrogen-bond acceptors (Lipinski definition) is 4. The number of nitrogens with one attached hydrogen (secondary N) is 2. The highest BCUT2D eigenvalue weighted by Crippen LogP contribution is 2.15. The first-order valence-corrected chi connectivity index (χ1v) is 6.90. The Morgan fingerprint density at radius 2 is 2.19 bits per heavy atom. The summed E-state index contributed by atoms with van der Waals surface area (Å²) in [6.07, 6.45) is 3.56. The van der Waals surface area contributed by atoms with Crippen molar-refractivity contribution in [3.05, 3.63) is 24.0 Å². The summed E-state index contributed by atoms with van der Waals surface area (Å²) in [6, 6.07) is 1.17. The van der Waals surface area contributed by atoms with Gasteiger partial charge in [-0.3, -0.25) is 4.98 Å². The largest absolute Gasteiger partial charge is 0.478 e. The molecule has 2 atom stereocenters. The fourth-order valence-electron chi connectivity index (χ4n) is 2.53. The van der Waals surface area contributed by atoms with E-state index in [0.29, 0.717) is 11.6 Å². The molecule has 2 heterocycles. The van der Waals surface area contributed by atoms with Gasteiger partial charge in [-0.1, -0.05) is 6.92 Å². The number of carboxylic acid groups (broad SMARTS) is 1. The molecule has 0 aliphatic carbocycles. The SMILES string of the molecule is CC1CN(C)CCC1NC(=O)Nc1cncc(C(=O)O)c1. The molecule has 7 nitrogen and oxygen atoms in total. The third-order valence-corrected chi connectivity index (χ3v) is 3.67. The number of aromatic carboxylic acids is 1. The minimum atomic E-state index is -1.07. The number of likely N-dealkylation sites (tertiary alicyclic amines) is 1. The summed E-state index contributed by atoms with van der Waals surface area (Å²) in [6.45, 7) is 4.00. The van der Waals surface area contributed by atoms with E-state index < -0.39 is 5.97 Å². The second-order valence-corrected chi connectivity index (χ2v) is 5.50. The van der Waals surface area contributed by atoms with Crippen LogP contribution in [0.3, 0.4) is 0 Å². The van der Waals surface area contributed by atoms with Crippen LogP contribution in [0.1, 0.15) is 23.7 Å². The van der Waals surface area contributed by atoms with Gasteiger partial charge >= 0.3 is 12.0 Å². The predicted octanol–water partition coefficient (Wildman–Crippen LogP) is 1.24. The maximum atomic E-state index is 12.0. The summed E-state index contributed by atoms with van der Waals surface area (Å²) in [5.74, 6) is -0.700. The van der Waals surface area contributed by atoms with Crippen molar-refractivity contribution in [1.29, 1.82) is 0 Å². The number of aromatic nitrogens is 1. The van der Waals surface area contributed by atoms with Crippen LogP contribution in [0.2, 0.25) is 0 Å². The second-order valence-electron chi connectivity index (χ2n) is 5.50. The molecule has 1 aromatic rings. The fraction of sp³-hybridized carbons (Fsp3) is 0.500. The Hall–Kier alpha value is -2.15. The van der Waals surface area contributed by atoms with Gasteiger partial charge in [0.05, 0.1) is 17.4 Å². The normalized spacial score (nSPS) is 22.6. The molecule has 21 heavy (non-hydrogen) atoms. The molecule has 0 saturated carbocycles. The van der Waals surface area contributed by atoms with Gasteiger partial charge in [-0.25, -0.2) is 9.59 Å². The van der Waals surface area contributed by atoms with Crippen LogP contribution in [-0.4, -0.2) is 53.2 Å². The van der Waals surface area contributed by atoms with Crippen LogP contribution in [0.25, 0.3) is 0 Å². The van der Waals surface area contributed by atoms with Crippen LogP contribution in [0.4, 0.5) is 10.5 Å². The minimum Gasteiger partial charge on any atom is -0.478 e. The fourth-order valence-corrected chi connectivity index (χ4v) is 2.53. The lowest BCUT2D eigenvalue weighted by Crippen LogP contribution is -2.49. The molecule has 2 rings (SSSR count). The second kappa shape index (κ2) is 6.53. The molecule has 114 valence electrons. The summed E-state index contributed by atoms with van der Waals surface area (Å²) in [4.78, 5) is 28.9.